The lowest BCUT2D eigenvalue weighted by atomic mass is 10.1. The van der Waals surface area contributed by atoms with Crippen LogP contribution in [0.1, 0.15) is 24.2 Å². The molecular formula is C13H15F3O3. The molecule has 6 heteroatoms. The Morgan fingerprint density at radius 2 is 2.05 bits per heavy atom. The van der Waals surface area contributed by atoms with Gasteiger partial charge in [0.05, 0.1) is 13.2 Å². The van der Waals surface area contributed by atoms with Gasteiger partial charge in [-0.25, -0.2) is 0 Å². The van der Waals surface area contributed by atoms with E-state index in [1.165, 1.54) is 7.11 Å². The Morgan fingerprint density at radius 1 is 1.37 bits per heavy atom. The molecule has 0 saturated carbocycles. The summed E-state index contributed by atoms with van der Waals surface area (Å²) in [6.07, 6.45) is -8.00. The lowest BCUT2D eigenvalue weighted by Gasteiger charge is -2.23. The maximum Gasteiger partial charge on any atom is 0.414 e. The molecule has 3 nitrogen and oxygen atoms in total. The second kappa shape index (κ2) is 5.02. The molecule has 0 saturated heterocycles. The fraction of sp³-hybridized carbons (Fsp3) is 0.538. The molecule has 0 spiro atoms. The number of aliphatic hydroxyl groups is 1. The molecule has 0 aromatic heterocycles. The quantitative estimate of drug-likeness (QED) is 0.922. The number of benzene rings is 1. The second-order valence-corrected chi connectivity index (χ2v) is 4.57. The molecular weight excluding hydrogens is 261 g/mol. The van der Waals surface area contributed by atoms with E-state index >= 15 is 0 Å². The first-order valence-corrected chi connectivity index (χ1v) is 5.90. The molecule has 1 N–H and O–H groups in total. The van der Waals surface area contributed by atoms with Crippen molar-refractivity contribution in [3.8, 4) is 5.75 Å². The van der Waals surface area contributed by atoms with Gasteiger partial charge in [0.2, 0.25) is 0 Å². The number of alkyl halides is 3. The van der Waals surface area contributed by atoms with Crippen LogP contribution in [0, 0.1) is 0 Å². The van der Waals surface area contributed by atoms with Gasteiger partial charge in [0.15, 0.2) is 6.10 Å². The first-order chi connectivity index (χ1) is 8.82. The maximum absolute atomic E-state index is 12.5. The lowest BCUT2D eigenvalue weighted by Crippen LogP contribution is -2.34. The van der Waals surface area contributed by atoms with Crippen molar-refractivity contribution in [2.24, 2.45) is 0 Å². The van der Waals surface area contributed by atoms with E-state index < -0.39 is 24.5 Å². The average Bonchev–Trinajstić information content (AvgIpc) is 2.65. The fourth-order valence-corrected chi connectivity index (χ4v) is 2.15. The van der Waals surface area contributed by atoms with Crippen LogP contribution in [-0.2, 0) is 11.2 Å². The minimum Gasteiger partial charge on any atom is -0.497 e. The largest absolute Gasteiger partial charge is 0.497 e. The van der Waals surface area contributed by atoms with Crippen LogP contribution >= 0.6 is 0 Å². The summed E-state index contributed by atoms with van der Waals surface area (Å²) in [6, 6.07) is 5.07. The van der Waals surface area contributed by atoms with Gasteiger partial charge >= 0.3 is 6.18 Å². The molecule has 0 heterocycles. The molecule has 1 aromatic carbocycles. The van der Waals surface area contributed by atoms with Crippen molar-refractivity contribution in [1.29, 1.82) is 0 Å². The average molecular weight is 276 g/mol. The smallest absolute Gasteiger partial charge is 0.414 e. The fourth-order valence-electron chi connectivity index (χ4n) is 2.15. The molecule has 19 heavy (non-hydrogen) atoms. The van der Waals surface area contributed by atoms with Crippen LogP contribution in [0.15, 0.2) is 18.2 Å². The first kappa shape index (κ1) is 14.1. The Labute approximate surface area is 108 Å². The van der Waals surface area contributed by atoms with Crippen molar-refractivity contribution < 1.29 is 27.8 Å². The van der Waals surface area contributed by atoms with E-state index in [0.717, 1.165) is 12.5 Å². The summed E-state index contributed by atoms with van der Waals surface area (Å²) in [5, 5.41) is 10.0. The van der Waals surface area contributed by atoms with Crippen LogP contribution in [0.3, 0.4) is 0 Å². The highest BCUT2D eigenvalue weighted by Crippen LogP contribution is 2.37. The number of rotatable bonds is 3. The predicted molar refractivity (Wildman–Crippen MR) is 62.0 cm³/mol. The van der Waals surface area contributed by atoms with Crippen LogP contribution in [-0.4, -0.2) is 30.6 Å². The number of aliphatic hydroxyl groups excluding tert-OH is 1. The minimum absolute atomic E-state index is 0.265. The normalized spacial score (nSPS) is 24.1. The van der Waals surface area contributed by atoms with E-state index in [4.69, 9.17) is 9.47 Å². The highest BCUT2D eigenvalue weighted by Gasteiger charge is 2.42. The summed E-state index contributed by atoms with van der Waals surface area (Å²) < 4.78 is 47.3. The van der Waals surface area contributed by atoms with Crippen molar-refractivity contribution in [3.63, 3.8) is 0 Å². The van der Waals surface area contributed by atoms with Crippen molar-refractivity contribution in [1.82, 2.24) is 0 Å². The molecule has 0 amide bonds. The third kappa shape index (κ3) is 2.84. The number of hydrogen-bond donors (Lipinski definition) is 1. The summed E-state index contributed by atoms with van der Waals surface area (Å²) >= 11 is 0. The summed E-state index contributed by atoms with van der Waals surface area (Å²) in [6.45, 7) is 0.941. The zero-order valence-electron chi connectivity index (χ0n) is 10.6. The van der Waals surface area contributed by atoms with Crippen LogP contribution in [0.2, 0.25) is 0 Å². The molecule has 1 aromatic rings. The summed E-state index contributed by atoms with van der Waals surface area (Å²) in [5.41, 5.74) is 1.35. The molecule has 3 unspecified atom stereocenters. The molecule has 1 aliphatic carbocycles. The molecule has 2 rings (SSSR count). The molecule has 0 aliphatic heterocycles. The van der Waals surface area contributed by atoms with Crippen molar-refractivity contribution in [3.05, 3.63) is 29.3 Å². The van der Waals surface area contributed by atoms with Crippen LogP contribution in [0.5, 0.6) is 5.75 Å². The van der Waals surface area contributed by atoms with Gasteiger partial charge in [-0.3, -0.25) is 0 Å². The molecule has 1 aliphatic rings. The van der Waals surface area contributed by atoms with E-state index in [1.54, 1.807) is 18.2 Å². The van der Waals surface area contributed by atoms with Crippen LogP contribution < -0.4 is 4.74 Å². The third-order valence-corrected chi connectivity index (χ3v) is 3.28. The van der Waals surface area contributed by atoms with Gasteiger partial charge in [-0.05, 0) is 30.2 Å². The van der Waals surface area contributed by atoms with Gasteiger partial charge < -0.3 is 14.6 Å². The zero-order valence-corrected chi connectivity index (χ0v) is 10.6. The third-order valence-electron chi connectivity index (χ3n) is 3.28. The van der Waals surface area contributed by atoms with Gasteiger partial charge in [0, 0.05) is 6.42 Å². The summed E-state index contributed by atoms with van der Waals surface area (Å²) in [7, 11) is 1.49. The maximum atomic E-state index is 12.5. The highest BCUT2D eigenvalue weighted by molar-refractivity contribution is 5.41. The van der Waals surface area contributed by atoms with E-state index in [2.05, 4.69) is 0 Å². The van der Waals surface area contributed by atoms with Gasteiger partial charge in [-0.15, -0.1) is 0 Å². The van der Waals surface area contributed by atoms with E-state index in [0.29, 0.717) is 11.3 Å². The van der Waals surface area contributed by atoms with Crippen molar-refractivity contribution >= 4 is 0 Å². The Kier molecular flexibility index (Phi) is 3.73. The SMILES string of the molecule is COc1ccc2c(c1)C(O)C(OC(C)C(F)(F)F)C2. The molecule has 0 bridgehead atoms. The van der Waals surface area contributed by atoms with Gasteiger partial charge in [0.25, 0.3) is 0 Å². The summed E-state index contributed by atoms with van der Waals surface area (Å²) in [5.74, 6) is 0.558. The van der Waals surface area contributed by atoms with Gasteiger partial charge in [0.1, 0.15) is 11.9 Å². The minimum atomic E-state index is -4.42. The van der Waals surface area contributed by atoms with Gasteiger partial charge in [-0.1, -0.05) is 6.07 Å². The topological polar surface area (TPSA) is 38.7 Å². The lowest BCUT2D eigenvalue weighted by molar-refractivity contribution is -0.234. The molecule has 3 atom stereocenters. The van der Waals surface area contributed by atoms with Crippen LogP contribution in [0.4, 0.5) is 13.2 Å². The van der Waals surface area contributed by atoms with Crippen molar-refractivity contribution in [2.75, 3.05) is 7.11 Å². The predicted octanol–water partition coefficient (Wildman–Crippen LogP) is 2.62. The van der Waals surface area contributed by atoms with E-state index in [1.807, 2.05) is 0 Å². The first-order valence-electron chi connectivity index (χ1n) is 5.90. The van der Waals surface area contributed by atoms with Crippen LogP contribution in [0.25, 0.3) is 0 Å². The Hall–Kier alpha value is -1.27. The van der Waals surface area contributed by atoms with Crippen molar-refractivity contribution in [2.45, 2.75) is 37.8 Å². The molecule has 0 fully saturated rings. The molecule has 0 radical (unpaired) electrons. The number of halogens is 3. The second-order valence-electron chi connectivity index (χ2n) is 4.57. The van der Waals surface area contributed by atoms with Gasteiger partial charge in [-0.2, -0.15) is 13.2 Å². The van der Waals surface area contributed by atoms with E-state index in [9.17, 15) is 18.3 Å². The standard InChI is InChI=1S/C13H15F3O3/c1-7(13(14,15)16)19-11-5-8-3-4-9(18-2)6-10(8)12(11)17/h3-4,6-7,11-12,17H,5H2,1-2H3. The molecule has 106 valence electrons. The zero-order chi connectivity index (χ0) is 14.2. The monoisotopic (exact) mass is 276 g/mol. The number of fused-ring (bicyclic) bond motifs is 1. The number of ether oxygens (including phenoxy) is 2. The van der Waals surface area contributed by atoms with E-state index in [-0.39, 0.29) is 6.42 Å². The summed E-state index contributed by atoms with van der Waals surface area (Å²) in [4.78, 5) is 0. The Bertz CT molecular complexity index is 459. The Morgan fingerprint density at radius 3 is 2.63 bits per heavy atom. The number of hydrogen-bond acceptors (Lipinski definition) is 3. The Balaban J connectivity index is 2.13. The highest BCUT2D eigenvalue weighted by atomic mass is 19.4. The number of methoxy groups -OCH3 is 1.